The number of aromatic nitrogens is 1. The van der Waals surface area contributed by atoms with Gasteiger partial charge in [0.1, 0.15) is 5.75 Å². The van der Waals surface area contributed by atoms with Crippen molar-refractivity contribution < 1.29 is 23.4 Å². The Bertz CT molecular complexity index is 692. The van der Waals surface area contributed by atoms with E-state index in [1.54, 1.807) is 6.92 Å². The van der Waals surface area contributed by atoms with Gasteiger partial charge in [-0.25, -0.2) is 4.79 Å². The van der Waals surface area contributed by atoms with Gasteiger partial charge in [0.2, 0.25) is 0 Å². The van der Waals surface area contributed by atoms with Crippen LogP contribution >= 0.6 is 11.6 Å². The van der Waals surface area contributed by atoms with Crippen LogP contribution in [0.3, 0.4) is 0 Å². The van der Waals surface area contributed by atoms with Crippen LogP contribution in [0.4, 0.5) is 8.78 Å². The normalized spacial score (nSPS) is 10.7. The minimum Gasteiger partial charge on any atom is -0.478 e. The van der Waals surface area contributed by atoms with E-state index in [0.717, 1.165) is 6.20 Å². The quantitative estimate of drug-likeness (QED) is 0.926. The highest BCUT2D eigenvalue weighted by Gasteiger charge is 2.20. The van der Waals surface area contributed by atoms with E-state index in [4.69, 9.17) is 11.6 Å². The molecule has 0 aliphatic heterocycles. The van der Waals surface area contributed by atoms with Gasteiger partial charge >= 0.3 is 12.6 Å². The average molecular weight is 314 g/mol. The molecule has 110 valence electrons. The van der Waals surface area contributed by atoms with Crippen molar-refractivity contribution in [3.63, 3.8) is 0 Å². The Balaban J connectivity index is 2.71. The molecule has 2 rings (SSSR count). The Morgan fingerprint density at radius 3 is 2.76 bits per heavy atom. The first-order valence-electron chi connectivity index (χ1n) is 5.83. The highest BCUT2D eigenvalue weighted by Crippen LogP contribution is 2.39. The Morgan fingerprint density at radius 1 is 1.43 bits per heavy atom. The summed E-state index contributed by atoms with van der Waals surface area (Å²) in [4.78, 5) is 15.2. The van der Waals surface area contributed by atoms with Crippen LogP contribution in [-0.4, -0.2) is 22.7 Å². The van der Waals surface area contributed by atoms with Gasteiger partial charge in [-0.2, -0.15) is 8.78 Å². The van der Waals surface area contributed by atoms with Crippen LogP contribution in [0.1, 0.15) is 16.1 Å². The first-order valence-corrected chi connectivity index (χ1v) is 6.21. The second-order valence-electron chi connectivity index (χ2n) is 4.17. The average Bonchev–Trinajstić information content (AvgIpc) is 2.37. The molecule has 0 bridgehead atoms. The summed E-state index contributed by atoms with van der Waals surface area (Å²) in [5.41, 5.74) is 0.657. The molecule has 1 heterocycles. The molecule has 0 saturated carbocycles. The molecular weight excluding hydrogens is 304 g/mol. The molecule has 21 heavy (non-hydrogen) atoms. The molecule has 0 aliphatic carbocycles. The molecule has 0 aliphatic rings. The summed E-state index contributed by atoms with van der Waals surface area (Å²) in [6.45, 7) is -1.39. The summed E-state index contributed by atoms with van der Waals surface area (Å²) in [5.74, 6) is -1.42. The zero-order valence-corrected chi connectivity index (χ0v) is 11.6. The van der Waals surface area contributed by atoms with Gasteiger partial charge in [-0.1, -0.05) is 17.7 Å². The molecule has 0 saturated heterocycles. The fourth-order valence-electron chi connectivity index (χ4n) is 1.90. The molecule has 0 amide bonds. The van der Waals surface area contributed by atoms with E-state index in [9.17, 15) is 18.7 Å². The number of benzene rings is 1. The molecule has 0 fully saturated rings. The van der Waals surface area contributed by atoms with Gasteiger partial charge in [-0.3, -0.25) is 4.98 Å². The maximum absolute atomic E-state index is 12.5. The first kappa shape index (κ1) is 15.2. The minimum absolute atomic E-state index is 0.0994. The zero-order chi connectivity index (χ0) is 15.6. The number of hydrogen-bond donors (Lipinski definition) is 1. The number of rotatable bonds is 4. The van der Waals surface area contributed by atoms with Crippen LogP contribution in [-0.2, 0) is 0 Å². The number of pyridine rings is 1. The van der Waals surface area contributed by atoms with Gasteiger partial charge in [0.05, 0.1) is 10.6 Å². The number of carbonyl (C=O) groups is 1. The van der Waals surface area contributed by atoms with Crippen molar-refractivity contribution in [1.82, 2.24) is 4.98 Å². The van der Waals surface area contributed by atoms with E-state index < -0.39 is 12.6 Å². The molecule has 0 atom stereocenters. The summed E-state index contributed by atoms with van der Waals surface area (Å²) in [5, 5.41) is 9.32. The predicted molar refractivity (Wildman–Crippen MR) is 73.0 cm³/mol. The number of carboxylic acids is 1. The summed E-state index contributed by atoms with van der Waals surface area (Å²) in [6, 6.07) is 5.67. The molecule has 1 N–H and O–H groups in total. The lowest BCUT2D eigenvalue weighted by Gasteiger charge is -2.14. The Labute approximate surface area is 124 Å². The summed E-state index contributed by atoms with van der Waals surface area (Å²) in [7, 11) is 0. The molecule has 1 aromatic heterocycles. The van der Waals surface area contributed by atoms with Gasteiger partial charge < -0.3 is 9.84 Å². The Morgan fingerprint density at radius 2 is 2.14 bits per heavy atom. The Hall–Kier alpha value is -2.21. The van der Waals surface area contributed by atoms with Crippen molar-refractivity contribution >= 4 is 17.6 Å². The third-order valence-corrected chi connectivity index (χ3v) is 3.05. The van der Waals surface area contributed by atoms with Gasteiger partial charge in [-0.05, 0) is 25.1 Å². The van der Waals surface area contributed by atoms with Gasteiger partial charge in [0.25, 0.3) is 0 Å². The van der Waals surface area contributed by atoms with Crippen molar-refractivity contribution in [2.45, 2.75) is 13.5 Å². The van der Waals surface area contributed by atoms with Crippen molar-refractivity contribution in [1.29, 1.82) is 0 Å². The SMILES string of the molecule is Cc1cc(-c2c(Cl)cccc2OC(F)F)c(C(=O)O)cn1. The van der Waals surface area contributed by atoms with Crippen LogP contribution in [0.25, 0.3) is 11.1 Å². The molecule has 0 spiro atoms. The number of ether oxygens (including phenoxy) is 1. The van der Waals surface area contributed by atoms with E-state index in [1.165, 1.54) is 24.3 Å². The molecule has 2 aromatic rings. The second kappa shape index (κ2) is 6.05. The molecule has 4 nitrogen and oxygen atoms in total. The van der Waals surface area contributed by atoms with Gasteiger partial charge in [0, 0.05) is 23.0 Å². The Kier molecular flexibility index (Phi) is 4.37. The number of halogens is 3. The fourth-order valence-corrected chi connectivity index (χ4v) is 2.16. The van der Waals surface area contributed by atoms with E-state index in [-0.39, 0.29) is 27.5 Å². The van der Waals surface area contributed by atoms with Crippen molar-refractivity contribution in [2.24, 2.45) is 0 Å². The second-order valence-corrected chi connectivity index (χ2v) is 4.58. The highest BCUT2D eigenvalue weighted by atomic mass is 35.5. The smallest absolute Gasteiger partial charge is 0.387 e. The lowest BCUT2D eigenvalue weighted by atomic mass is 9.99. The van der Waals surface area contributed by atoms with Gasteiger partial charge in [0.15, 0.2) is 0 Å². The number of aromatic carboxylic acids is 1. The first-order chi connectivity index (χ1) is 9.90. The third-order valence-electron chi connectivity index (χ3n) is 2.73. The highest BCUT2D eigenvalue weighted by molar-refractivity contribution is 6.34. The van der Waals surface area contributed by atoms with Crippen molar-refractivity contribution in [3.05, 3.63) is 46.7 Å². The van der Waals surface area contributed by atoms with Crippen LogP contribution in [0.5, 0.6) is 5.75 Å². The van der Waals surface area contributed by atoms with Crippen LogP contribution in [0.15, 0.2) is 30.5 Å². The maximum Gasteiger partial charge on any atom is 0.387 e. The minimum atomic E-state index is -3.04. The monoisotopic (exact) mass is 313 g/mol. The predicted octanol–water partition coefficient (Wildman–Crippen LogP) is 4.01. The summed E-state index contributed by atoms with van der Waals surface area (Å²) in [6.07, 6.45) is 1.16. The lowest BCUT2D eigenvalue weighted by Crippen LogP contribution is -2.06. The number of hydrogen-bond acceptors (Lipinski definition) is 3. The molecule has 7 heteroatoms. The fraction of sp³-hybridized carbons (Fsp3) is 0.143. The molecule has 1 aromatic carbocycles. The van der Waals surface area contributed by atoms with E-state index in [0.29, 0.717) is 5.69 Å². The number of nitrogens with zero attached hydrogens (tertiary/aromatic N) is 1. The largest absolute Gasteiger partial charge is 0.478 e. The number of alkyl halides is 2. The van der Waals surface area contributed by atoms with Crippen LogP contribution < -0.4 is 4.74 Å². The van der Waals surface area contributed by atoms with E-state index >= 15 is 0 Å². The number of carboxylic acid groups (broad SMARTS) is 1. The maximum atomic E-state index is 12.5. The summed E-state index contributed by atoms with van der Waals surface area (Å²) >= 11 is 6.04. The van der Waals surface area contributed by atoms with Crippen LogP contribution in [0, 0.1) is 6.92 Å². The molecular formula is C14H10ClF2NO3. The van der Waals surface area contributed by atoms with Gasteiger partial charge in [-0.15, -0.1) is 0 Å². The molecule has 0 unspecified atom stereocenters. The topological polar surface area (TPSA) is 59.4 Å². The van der Waals surface area contributed by atoms with E-state index in [2.05, 4.69) is 9.72 Å². The molecule has 0 radical (unpaired) electrons. The van der Waals surface area contributed by atoms with Crippen molar-refractivity contribution in [3.8, 4) is 16.9 Å². The number of aryl methyl sites for hydroxylation is 1. The van der Waals surface area contributed by atoms with Crippen molar-refractivity contribution in [2.75, 3.05) is 0 Å². The summed E-state index contributed by atoms with van der Waals surface area (Å²) < 4.78 is 29.4. The third kappa shape index (κ3) is 3.28. The van der Waals surface area contributed by atoms with Crippen LogP contribution in [0.2, 0.25) is 5.02 Å². The standard InChI is InChI=1S/C14H10ClF2NO3/c1-7-5-8(9(6-18-7)13(19)20)12-10(15)3-2-4-11(12)21-14(16)17/h2-6,14H,1H3,(H,19,20). The van der Waals surface area contributed by atoms with E-state index in [1.807, 2.05) is 0 Å². The lowest BCUT2D eigenvalue weighted by molar-refractivity contribution is -0.0494. The zero-order valence-electron chi connectivity index (χ0n) is 10.8.